The lowest BCUT2D eigenvalue weighted by Crippen LogP contribution is -2.29. The summed E-state index contributed by atoms with van der Waals surface area (Å²) < 4.78 is 13.5. The summed E-state index contributed by atoms with van der Waals surface area (Å²) in [5, 5.41) is 7.71. The zero-order valence-electron chi connectivity index (χ0n) is 11.3. The molecule has 0 aliphatic carbocycles. The molecule has 0 aromatic carbocycles. The highest BCUT2D eigenvalue weighted by atomic mass is 79.9. The number of ether oxygens (including phenoxy) is 2. The molecular weight excluding hydrogens is 298 g/mol. The molecule has 6 heteroatoms. The van der Waals surface area contributed by atoms with E-state index >= 15 is 0 Å². The number of nitrogens with one attached hydrogen (secondary N) is 1. The van der Waals surface area contributed by atoms with Gasteiger partial charge in [-0.3, -0.25) is 4.68 Å². The van der Waals surface area contributed by atoms with Crippen molar-refractivity contribution in [3.8, 4) is 0 Å². The SMILES string of the molecule is CCCNC(COCCOC)c1c(Br)cnn1C. The Hall–Kier alpha value is -0.430. The van der Waals surface area contributed by atoms with Crippen molar-refractivity contribution >= 4 is 15.9 Å². The highest BCUT2D eigenvalue weighted by molar-refractivity contribution is 9.10. The zero-order valence-corrected chi connectivity index (χ0v) is 12.9. The summed E-state index contributed by atoms with van der Waals surface area (Å²) in [5.74, 6) is 0. The van der Waals surface area contributed by atoms with E-state index in [0.717, 1.165) is 23.1 Å². The molecule has 1 atom stereocenters. The van der Waals surface area contributed by atoms with Crippen molar-refractivity contribution in [3.05, 3.63) is 16.4 Å². The normalized spacial score (nSPS) is 12.9. The Morgan fingerprint density at radius 3 is 2.83 bits per heavy atom. The van der Waals surface area contributed by atoms with Crippen LogP contribution in [0.5, 0.6) is 0 Å². The fourth-order valence-electron chi connectivity index (χ4n) is 1.71. The molecule has 1 N–H and O–H groups in total. The van der Waals surface area contributed by atoms with Crippen molar-refractivity contribution in [1.82, 2.24) is 15.1 Å². The van der Waals surface area contributed by atoms with Crippen LogP contribution in [-0.4, -0.2) is 43.3 Å². The van der Waals surface area contributed by atoms with Crippen molar-refractivity contribution in [2.45, 2.75) is 19.4 Å². The number of halogens is 1. The Morgan fingerprint density at radius 2 is 2.28 bits per heavy atom. The Bertz CT molecular complexity index is 325. The van der Waals surface area contributed by atoms with Gasteiger partial charge in [-0.2, -0.15) is 5.10 Å². The van der Waals surface area contributed by atoms with E-state index in [1.54, 1.807) is 7.11 Å². The average Bonchev–Trinajstić information content (AvgIpc) is 2.69. The number of methoxy groups -OCH3 is 1. The van der Waals surface area contributed by atoms with Gasteiger partial charge in [0, 0.05) is 14.2 Å². The van der Waals surface area contributed by atoms with E-state index in [9.17, 15) is 0 Å². The van der Waals surface area contributed by atoms with Gasteiger partial charge >= 0.3 is 0 Å². The summed E-state index contributed by atoms with van der Waals surface area (Å²) in [7, 11) is 3.61. The van der Waals surface area contributed by atoms with Gasteiger partial charge in [-0.05, 0) is 28.9 Å². The molecule has 5 nitrogen and oxygen atoms in total. The second-order valence-electron chi connectivity index (χ2n) is 4.08. The fraction of sp³-hybridized carbons (Fsp3) is 0.750. The molecule has 0 radical (unpaired) electrons. The van der Waals surface area contributed by atoms with E-state index in [-0.39, 0.29) is 6.04 Å². The molecule has 0 saturated heterocycles. The first-order valence-electron chi connectivity index (χ1n) is 6.18. The number of rotatable bonds is 9. The summed E-state index contributed by atoms with van der Waals surface area (Å²) >= 11 is 3.53. The minimum Gasteiger partial charge on any atom is -0.382 e. The maximum Gasteiger partial charge on any atom is 0.0741 e. The number of nitrogens with zero attached hydrogens (tertiary/aromatic N) is 2. The van der Waals surface area contributed by atoms with Crippen molar-refractivity contribution in [2.24, 2.45) is 7.05 Å². The lowest BCUT2D eigenvalue weighted by Gasteiger charge is -2.19. The van der Waals surface area contributed by atoms with E-state index in [1.807, 2.05) is 17.9 Å². The van der Waals surface area contributed by atoms with Crippen LogP contribution in [0.2, 0.25) is 0 Å². The summed E-state index contributed by atoms with van der Waals surface area (Å²) in [6.07, 6.45) is 2.90. The Balaban J connectivity index is 2.60. The number of hydrogen-bond donors (Lipinski definition) is 1. The molecule has 18 heavy (non-hydrogen) atoms. The third kappa shape index (κ3) is 4.68. The topological polar surface area (TPSA) is 48.3 Å². The molecule has 0 bridgehead atoms. The average molecular weight is 320 g/mol. The van der Waals surface area contributed by atoms with Crippen molar-refractivity contribution < 1.29 is 9.47 Å². The van der Waals surface area contributed by atoms with Crippen molar-refractivity contribution in [1.29, 1.82) is 0 Å². The second-order valence-corrected chi connectivity index (χ2v) is 4.93. The van der Waals surface area contributed by atoms with Gasteiger partial charge in [0.05, 0.1) is 42.2 Å². The van der Waals surface area contributed by atoms with Crippen LogP contribution in [0.3, 0.4) is 0 Å². The monoisotopic (exact) mass is 319 g/mol. The molecule has 1 unspecified atom stereocenters. The van der Waals surface area contributed by atoms with Crippen LogP contribution in [0.25, 0.3) is 0 Å². The molecule has 104 valence electrons. The molecule has 0 aliphatic heterocycles. The highest BCUT2D eigenvalue weighted by Crippen LogP contribution is 2.22. The summed E-state index contributed by atoms with van der Waals surface area (Å²) in [6, 6.07) is 0.142. The van der Waals surface area contributed by atoms with Gasteiger partial charge in [-0.1, -0.05) is 6.92 Å². The standard InChI is InChI=1S/C12H22BrN3O2/c1-4-5-14-11(9-18-7-6-17-3)12-10(13)8-15-16(12)2/h8,11,14H,4-7,9H2,1-3H3. The predicted octanol–water partition coefficient (Wildman–Crippen LogP) is 1.89. The minimum absolute atomic E-state index is 0.142. The van der Waals surface area contributed by atoms with E-state index in [0.29, 0.717) is 19.8 Å². The molecule has 0 aliphatic rings. The quantitative estimate of drug-likeness (QED) is 0.706. The van der Waals surface area contributed by atoms with Crippen molar-refractivity contribution in [2.75, 3.05) is 33.5 Å². The Labute approximate surface area is 117 Å². The van der Waals surface area contributed by atoms with E-state index in [4.69, 9.17) is 9.47 Å². The third-order valence-electron chi connectivity index (χ3n) is 2.62. The van der Waals surface area contributed by atoms with Crippen LogP contribution >= 0.6 is 15.9 Å². The highest BCUT2D eigenvalue weighted by Gasteiger charge is 2.18. The number of hydrogen-bond acceptors (Lipinski definition) is 4. The second kappa shape index (κ2) is 8.63. The first-order valence-corrected chi connectivity index (χ1v) is 6.97. The van der Waals surface area contributed by atoms with Crippen LogP contribution in [0.4, 0.5) is 0 Å². The molecule has 0 spiro atoms. The van der Waals surface area contributed by atoms with Crippen LogP contribution < -0.4 is 5.32 Å². The Kier molecular flexibility index (Phi) is 7.50. The van der Waals surface area contributed by atoms with Crippen molar-refractivity contribution in [3.63, 3.8) is 0 Å². The zero-order chi connectivity index (χ0) is 13.4. The first-order chi connectivity index (χ1) is 8.70. The maximum atomic E-state index is 5.62. The third-order valence-corrected chi connectivity index (χ3v) is 3.24. The molecule has 0 fully saturated rings. The lowest BCUT2D eigenvalue weighted by atomic mass is 10.2. The van der Waals surface area contributed by atoms with Crippen LogP contribution in [0.15, 0.2) is 10.7 Å². The van der Waals surface area contributed by atoms with Gasteiger partial charge in [0.15, 0.2) is 0 Å². The van der Waals surface area contributed by atoms with Crippen LogP contribution in [-0.2, 0) is 16.5 Å². The summed E-state index contributed by atoms with van der Waals surface area (Å²) in [4.78, 5) is 0. The van der Waals surface area contributed by atoms with Gasteiger partial charge < -0.3 is 14.8 Å². The molecule has 1 aromatic heterocycles. The number of aromatic nitrogens is 2. The molecule has 0 amide bonds. The van der Waals surface area contributed by atoms with Gasteiger partial charge in [-0.25, -0.2) is 0 Å². The van der Waals surface area contributed by atoms with Gasteiger partial charge in [0.25, 0.3) is 0 Å². The first kappa shape index (κ1) is 15.6. The summed E-state index contributed by atoms with van der Waals surface area (Å²) in [5.41, 5.74) is 1.11. The molecule has 1 rings (SSSR count). The van der Waals surface area contributed by atoms with E-state index in [2.05, 4.69) is 33.3 Å². The van der Waals surface area contributed by atoms with E-state index in [1.165, 1.54) is 0 Å². The minimum atomic E-state index is 0.142. The smallest absolute Gasteiger partial charge is 0.0741 e. The molecule has 0 saturated carbocycles. The maximum absolute atomic E-state index is 5.62. The largest absolute Gasteiger partial charge is 0.382 e. The number of aryl methyl sites for hydroxylation is 1. The fourth-order valence-corrected chi connectivity index (χ4v) is 2.33. The molecule has 1 aromatic rings. The van der Waals surface area contributed by atoms with Crippen LogP contribution in [0.1, 0.15) is 25.1 Å². The Morgan fingerprint density at radius 1 is 1.50 bits per heavy atom. The molecular formula is C12H22BrN3O2. The van der Waals surface area contributed by atoms with Gasteiger partial charge in [0.1, 0.15) is 0 Å². The van der Waals surface area contributed by atoms with Gasteiger partial charge in [0.2, 0.25) is 0 Å². The van der Waals surface area contributed by atoms with Crippen LogP contribution in [0, 0.1) is 0 Å². The van der Waals surface area contributed by atoms with E-state index < -0.39 is 0 Å². The lowest BCUT2D eigenvalue weighted by molar-refractivity contribution is 0.0574. The van der Waals surface area contributed by atoms with Gasteiger partial charge in [-0.15, -0.1) is 0 Å². The molecule has 1 heterocycles. The summed E-state index contributed by atoms with van der Waals surface area (Å²) in [6.45, 7) is 4.94. The predicted molar refractivity (Wildman–Crippen MR) is 74.6 cm³/mol.